The first-order chi connectivity index (χ1) is 16.6. The molecule has 2 atom stereocenters. The molecule has 1 aromatic heterocycles. The number of carbonyl (C=O) groups excluding carboxylic acids is 1. The van der Waals surface area contributed by atoms with E-state index in [0.29, 0.717) is 22.6 Å². The zero-order chi connectivity index (χ0) is 25.7. The van der Waals surface area contributed by atoms with Crippen LogP contribution in [0.25, 0.3) is 0 Å². The monoisotopic (exact) mass is 494 g/mol. The molecule has 35 heavy (non-hydrogen) atoms. The molecule has 2 aromatic carbocycles. The van der Waals surface area contributed by atoms with Crippen molar-refractivity contribution in [3.8, 4) is 0 Å². The molecule has 0 aliphatic rings. The molecule has 0 saturated carbocycles. The summed E-state index contributed by atoms with van der Waals surface area (Å²) < 4.78 is 1.47. The number of rotatable bonds is 9. The van der Waals surface area contributed by atoms with Crippen molar-refractivity contribution in [3.63, 3.8) is 0 Å². The van der Waals surface area contributed by atoms with E-state index in [0.717, 1.165) is 16.7 Å². The van der Waals surface area contributed by atoms with Crippen molar-refractivity contribution in [2.75, 3.05) is 0 Å². The number of hydrogen-bond acceptors (Lipinski definition) is 3. The second kappa shape index (κ2) is 11.4. The Hall–Kier alpha value is -3.38. The third-order valence-electron chi connectivity index (χ3n) is 5.97. The zero-order valence-electron chi connectivity index (χ0n) is 20.4. The molecule has 6 nitrogen and oxygen atoms in total. The Labute approximate surface area is 210 Å². The third-order valence-corrected chi connectivity index (χ3v) is 6.34. The van der Waals surface area contributed by atoms with Crippen LogP contribution in [0.15, 0.2) is 65.6 Å². The smallest absolute Gasteiger partial charge is 0.305 e. The number of carboxylic acid groups (broad SMARTS) is 1. The quantitative estimate of drug-likeness (QED) is 0.426. The van der Waals surface area contributed by atoms with Crippen molar-refractivity contribution in [1.29, 1.82) is 0 Å². The number of benzene rings is 2. The fourth-order valence-corrected chi connectivity index (χ4v) is 4.43. The van der Waals surface area contributed by atoms with E-state index in [1.807, 2.05) is 76.2 Å². The minimum Gasteiger partial charge on any atom is -0.481 e. The molecular weight excluding hydrogens is 464 g/mol. The van der Waals surface area contributed by atoms with E-state index in [2.05, 4.69) is 5.32 Å². The summed E-state index contributed by atoms with van der Waals surface area (Å²) in [4.78, 5) is 38.6. The Bertz CT molecular complexity index is 1260. The van der Waals surface area contributed by atoms with Gasteiger partial charge in [0.2, 0.25) is 5.91 Å². The summed E-state index contributed by atoms with van der Waals surface area (Å²) in [5.41, 5.74) is 3.67. The topological polar surface area (TPSA) is 88.4 Å². The van der Waals surface area contributed by atoms with E-state index in [1.165, 1.54) is 4.57 Å². The van der Waals surface area contributed by atoms with Crippen LogP contribution in [0.4, 0.5) is 0 Å². The van der Waals surface area contributed by atoms with Crippen molar-refractivity contribution in [3.05, 3.63) is 104 Å². The van der Waals surface area contributed by atoms with Gasteiger partial charge in [-0.2, -0.15) is 0 Å². The molecule has 0 bridgehead atoms. The molecule has 0 unspecified atom stereocenters. The van der Waals surface area contributed by atoms with Gasteiger partial charge >= 0.3 is 5.97 Å². The maximum atomic E-state index is 13.5. The lowest BCUT2D eigenvalue weighted by Crippen LogP contribution is -2.42. The zero-order valence-corrected chi connectivity index (χ0v) is 21.2. The number of pyridine rings is 1. The molecular formula is C28H31ClN2O4. The van der Waals surface area contributed by atoms with E-state index in [9.17, 15) is 19.5 Å². The molecule has 184 valence electrons. The lowest BCUT2D eigenvalue weighted by Gasteiger charge is -2.27. The molecule has 0 spiro atoms. The van der Waals surface area contributed by atoms with Crippen molar-refractivity contribution in [2.24, 2.45) is 5.92 Å². The van der Waals surface area contributed by atoms with Gasteiger partial charge in [-0.3, -0.25) is 14.4 Å². The van der Waals surface area contributed by atoms with E-state index < -0.39 is 24.0 Å². The summed E-state index contributed by atoms with van der Waals surface area (Å²) in [5, 5.41) is 12.9. The highest BCUT2D eigenvalue weighted by Gasteiger charge is 2.29. The van der Waals surface area contributed by atoms with E-state index >= 15 is 0 Å². The predicted molar refractivity (Wildman–Crippen MR) is 138 cm³/mol. The number of aryl methyl sites for hydroxylation is 2. The summed E-state index contributed by atoms with van der Waals surface area (Å²) in [6, 6.07) is 15.0. The number of nitrogens with zero attached hydrogens (tertiary/aromatic N) is 1. The van der Waals surface area contributed by atoms with E-state index in [4.69, 9.17) is 11.6 Å². The molecule has 0 saturated heterocycles. The Morgan fingerprint density at radius 2 is 1.66 bits per heavy atom. The standard InChI is InChI=1S/C28H31ClN2O4/c1-17(2)26(27(34)30-24(15-25(32)33)20-11-9-18(3)10-12-20)31-16-19(4)13-22(28(31)35)14-21-7-5-6-8-23(21)29/h5-13,16-17,24,26H,14-15H2,1-4H3,(H,30,34)(H,32,33)/t24-,26-/m0/s1. The van der Waals surface area contributed by atoms with Crippen molar-refractivity contribution in [1.82, 2.24) is 9.88 Å². The van der Waals surface area contributed by atoms with E-state index in [-0.39, 0.29) is 17.9 Å². The highest BCUT2D eigenvalue weighted by molar-refractivity contribution is 6.31. The first kappa shape index (κ1) is 26.2. The Kier molecular flexibility index (Phi) is 8.52. The Balaban J connectivity index is 1.97. The van der Waals surface area contributed by atoms with Gasteiger partial charge in [-0.15, -0.1) is 0 Å². The van der Waals surface area contributed by atoms with Gasteiger partial charge in [0.05, 0.1) is 12.5 Å². The number of carbonyl (C=O) groups is 2. The van der Waals surface area contributed by atoms with Crippen LogP contribution in [0.2, 0.25) is 5.02 Å². The maximum Gasteiger partial charge on any atom is 0.305 e. The second-order valence-electron chi connectivity index (χ2n) is 9.28. The predicted octanol–water partition coefficient (Wildman–Crippen LogP) is 5.24. The molecule has 1 amide bonds. The van der Waals surface area contributed by atoms with Gasteiger partial charge in [0.1, 0.15) is 6.04 Å². The first-order valence-electron chi connectivity index (χ1n) is 11.6. The molecule has 3 aromatic rings. The minimum absolute atomic E-state index is 0.217. The van der Waals surface area contributed by atoms with Crippen molar-refractivity contribution in [2.45, 2.75) is 52.6 Å². The number of halogens is 1. The van der Waals surface area contributed by atoms with E-state index in [1.54, 1.807) is 12.3 Å². The number of hydrogen-bond donors (Lipinski definition) is 2. The van der Waals surface area contributed by atoms with Crippen LogP contribution in [-0.2, 0) is 16.0 Å². The van der Waals surface area contributed by atoms with Gasteiger partial charge in [-0.25, -0.2) is 0 Å². The largest absolute Gasteiger partial charge is 0.481 e. The number of aliphatic carboxylic acids is 1. The molecule has 0 fully saturated rings. The van der Waals surface area contributed by atoms with Crippen molar-refractivity contribution < 1.29 is 14.7 Å². The molecule has 2 N–H and O–H groups in total. The molecule has 0 aliphatic carbocycles. The van der Waals surface area contributed by atoms with Crippen LogP contribution in [0, 0.1) is 19.8 Å². The van der Waals surface area contributed by atoms with Crippen LogP contribution in [0.5, 0.6) is 0 Å². The average molecular weight is 495 g/mol. The highest BCUT2D eigenvalue weighted by atomic mass is 35.5. The Morgan fingerprint density at radius 3 is 2.26 bits per heavy atom. The average Bonchev–Trinajstić information content (AvgIpc) is 2.78. The molecule has 1 heterocycles. The molecule has 0 radical (unpaired) electrons. The van der Waals surface area contributed by atoms with Gasteiger partial charge in [-0.1, -0.05) is 73.5 Å². The SMILES string of the molecule is Cc1ccc([C@H](CC(=O)O)NC(=O)[C@H](C(C)C)n2cc(C)cc(Cc3ccccc3Cl)c2=O)cc1. The van der Waals surface area contributed by atoms with Gasteiger partial charge in [0.15, 0.2) is 0 Å². The third kappa shape index (κ3) is 6.61. The lowest BCUT2D eigenvalue weighted by atomic mass is 9.98. The summed E-state index contributed by atoms with van der Waals surface area (Å²) in [7, 11) is 0. The molecule has 0 aliphatic heterocycles. The summed E-state index contributed by atoms with van der Waals surface area (Å²) in [6.45, 7) is 7.55. The normalized spacial score (nSPS) is 12.9. The van der Waals surface area contributed by atoms with Gasteiger partial charge in [-0.05, 0) is 48.6 Å². The lowest BCUT2D eigenvalue weighted by molar-refractivity contribution is -0.138. The van der Waals surface area contributed by atoms with Gasteiger partial charge in [0.25, 0.3) is 5.56 Å². The number of nitrogens with one attached hydrogen (secondary N) is 1. The second-order valence-corrected chi connectivity index (χ2v) is 9.69. The van der Waals surface area contributed by atoms with Crippen LogP contribution >= 0.6 is 11.6 Å². The summed E-state index contributed by atoms with van der Waals surface area (Å²) in [6.07, 6.45) is 1.76. The van der Waals surface area contributed by atoms with Crippen LogP contribution < -0.4 is 10.9 Å². The number of carboxylic acids is 1. The summed E-state index contributed by atoms with van der Waals surface area (Å²) >= 11 is 6.32. The first-order valence-corrected chi connectivity index (χ1v) is 12.0. The van der Waals surface area contributed by atoms with Crippen molar-refractivity contribution >= 4 is 23.5 Å². The van der Waals surface area contributed by atoms with Gasteiger partial charge in [0, 0.05) is 23.2 Å². The van der Waals surface area contributed by atoms with Gasteiger partial charge < -0.3 is 15.0 Å². The summed E-state index contributed by atoms with van der Waals surface area (Å²) in [5.74, 6) is -1.64. The minimum atomic E-state index is -1.02. The fraction of sp³-hybridized carbons (Fsp3) is 0.321. The number of aromatic nitrogens is 1. The fourth-order valence-electron chi connectivity index (χ4n) is 4.23. The van der Waals surface area contributed by atoms with Crippen LogP contribution in [-0.4, -0.2) is 21.6 Å². The molecule has 7 heteroatoms. The maximum absolute atomic E-state index is 13.5. The highest BCUT2D eigenvalue weighted by Crippen LogP contribution is 2.24. The number of amides is 1. The van der Waals surface area contributed by atoms with Crippen LogP contribution in [0.1, 0.15) is 60.2 Å². The Morgan fingerprint density at radius 1 is 1.00 bits per heavy atom. The molecule has 3 rings (SSSR count). The van der Waals surface area contributed by atoms with Crippen LogP contribution in [0.3, 0.4) is 0 Å².